The van der Waals surface area contributed by atoms with Crippen molar-refractivity contribution in [2.45, 2.75) is 25.0 Å². The summed E-state index contributed by atoms with van der Waals surface area (Å²) in [6.45, 7) is 0.995. The van der Waals surface area contributed by atoms with E-state index in [1.807, 2.05) is 36.4 Å². The molecule has 1 aliphatic rings. The fourth-order valence-electron chi connectivity index (χ4n) is 2.43. The van der Waals surface area contributed by atoms with Crippen LogP contribution in [0, 0.1) is 0 Å². The third kappa shape index (κ3) is 2.04. The molecule has 3 rings (SSSR count). The van der Waals surface area contributed by atoms with Gasteiger partial charge in [0.05, 0.1) is 11.2 Å². The second-order valence-corrected chi connectivity index (χ2v) is 4.58. The van der Waals surface area contributed by atoms with Crippen molar-refractivity contribution in [2.75, 3.05) is 6.54 Å². The molecule has 17 heavy (non-hydrogen) atoms. The van der Waals surface area contributed by atoms with Crippen molar-refractivity contribution in [3.8, 4) is 0 Å². The Kier molecular flexibility index (Phi) is 2.79. The van der Waals surface area contributed by atoms with Gasteiger partial charge in [-0.05, 0) is 31.5 Å². The van der Waals surface area contributed by atoms with Gasteiger partial charge in [0.1, 0.15) is 6.10 Å². The molecule has 2 unspecified atom stereocenters. The fourth-order valence-corrected chi connectivity index (χ4v) is 2.43. The van der Waals surface area contributed by atoms with Gasteiger partial charge in [-0.15, -0.1) is 0 Å². The zero-order valence-corrected chi connectivity index (χ0v) is 9.63. The molecule has 0 radical (unpaired) electrons. The van der Waals surface area contributed by atoms with E-state index in [1.165, 1.54) is 0 Å². The first-order valence-electron chi connectivity index (χ1n) is 6.12. The molecule has 3 heteroatoms. The Hall–Kier alpha value is -1.45. The third-order valence-corrected chi connectivity index (χ3v) is 3.40. The molecule has 1 saturated heterocycles. The molecule has 1 aliphatic heterocycles. The second kappa shape index (κ2) is 4.43. The van der Waals surface area contributed by atoms with Crippen molar-refractivity contribution in [3.05, 3.63) is 42.1 Å². The Labute approximate surface area is 100 Å². The Morgan fingerprint density at radius 3 is 2.94 bits per heavy atom. The summed E-state index contributed by atoms with van der Waals surface area (Å²) < 4.78 is 0. The van der Waals surface area contributed by atoms with Gasteiger partial charge in [0.15, 0.2) is 0 Å². The number of aliphatic hydroxyl groups is 1. The predicted molar refractivity (Wildman–Crippen MR) is 67.7 cm³/mol. The normalized spacial score (nSPS) is 21.8. The summed E-state index contributed by atoms with van der Waals surface area (Å²) in [4.78, 5) is 4.53. The number of benzene rings is 1. The zero-order chi connectivity index (χ0) is 11.7. The van der Waals surface area contributed by atoms with Gasteiger partial charge >= 0.3 is 0 Å². The topological polar surface area (TPSA) is 45.2 Å². The quantitative estimate of drug-likeness (QED) is 0.826. The Morgan fingerprint density at radius 2 is 2.12 bits per heavy atom. The number of nitrogens with one attached hydrogen (secondary N) is 1. The minimum absolute atomic E-state index is 0.156. The number of fused-ring (bicyclic) bond motifs is 1. The van der Waals surface area contributed by atoms with Crippen LogP contribution in [-0.4, -0.2) is 22.7 Å². The molecule has 1 aromatic carbocycles. The average Bonchev–Trinajstić information content (AvgIpc) is 2.91. The van der Waals surface area contributed by atoms with E-state index in [0.717, 1.165) is 36.0 Å². The molecule has 2 aromatic rings. The second-order valence-electron chi connectivity index (χ2n) is 4.58. The molecule has 0 aliphatic carbocycles. The third-order valence-electron chi connectivity index (χ3n) is 3.40. The molecule has 2 atom stereocenters. The van der Waals surface area contributed by atoms with Crippen LogP contribution in [0.3, 0.4) is 0 Å². The summed E-state index contributed by atoms with van der Waals surface area (Å²) in [7, 11) is 0. The monoisotopic (exact) mass is 228 g/mol. The van der Waals surface area contributed by atoms with Gasteiger partial charge in [0.25, 0.3) is 0 Å². The maximum absolute atomic E-state index is 10.3. The van der Waals surface area contributed by atoms with Crippen LogP contribution >= 0.6 is 0 Å². The Balaban J connectivity index is 1.94. The summed E-state index contributed by atoms with van der Waals surface area (Å²) in [5.74, 6) is 0. The lowest BCUT2D eigenvalue weighted by atomic mass is 10.0. The molecule has 88 valence electrons. The number of pyridine rings is 1. The van der Waals surface area contributed by atoms with Gasteiger partial charge in [-0.3, -0.25) is 4.98 Å². The molecular weight excluding hydrogens is 212 g/mol. The maximum Gasteiger partial charge on any atom is 0.111 e. The van der Waals surface area contributed by atoms with Crippen LogP contribution in [0.2, 0.25) is 0 Å². The molecule has 2 N–H and O–H groups in total. The van der Waals surface area contributed by atoms with Gasteiger partial charge < -0.3 is 10.4 Å². The van der Waals surface area contributed by atoms with Crippen LogP contribution in [0.1, 0.15) is 24.6 Å². The number of aromatic nitrogens is 1. The lowest BCUT2D eigenvalue weighted by Crippen LogP contribution is -2.29. The van der Waals surface area contributed by atoms with Gasteiger partial charge in [-0.25, -0.2) is 0 Å². The van der Waals surface area contributed by atoms with Crippen LogP contribution in [-0.2, 0) is 0 Å². The smallest absolute Gasteiger partial charge is 0.111 e. The standard InChI is InChI=1S/C14H16N2O/c17-14(12-6-3-9-15-12)13-8-7-10-4-1-2-5-11(10)16-13/h1-2,4-5,7-8,12,14-15,17H,3,6,9H2. The molecule has 0 saturated carbocycles. The molecule has 0 spiro atoms. The van der Waals surface area contributed by atoms with Crippen molar-refractivity contribution in [3.63, 3.8) is 0 Å². The minimum atomic E-state index is -0.498. The van der Waals surface area contributed by atoms with Gasteiger partial charge in [0, 0.05) is 11.4 Å². The highest BCUT2D eigenvalue weighted by molar-refractivity contribution is 5.78. The van der Waals surface area contributed by atoms with Crippen molar-refractivity contribution < 1.29 is 5.11 Å². The Morgan fingerprint density at radius 1 is 1.24 bits per heavy atom. The van der Waals surface area contributed by atoms with Crippen molar-refractivity contribution in [2.24, 2.45) is 0 Å². The summed E-state index contributed by atoms with van der Waals surface area (Å²) >= 11 is 0. The van der Waals surface area contributed by atoms with E-state index in [1.54, 1.807) is 0 Å². The molecule has 1 aromatic heterocycles. The fraction of sp³-hybridized carbons (Fsp3) is 0.357. The lowest BCUT2D eigenvalue weighted by Gasteiger charge is -2.17. The first-order chi connectivity index (χ1) is 8.34. The number of para-hydroxylation sites is 1. The van der Waals surface area contributed by atoms with E-state index in [0.29, 0.717) is 0 Å². The number of rotatable bonds is 2. The summed E-state index contributed by atoms with van der Waals surface area (Å²) in [6.07, 6.45) is 1.66. The molecule has 2 heterocycles. The Bertz CT molecular complexity index is 520. The van der Waals surface area contributed by atoms with Crippen LogP contribution in [0.15, 0.2) is 36.4 Å². The van der Waals surface area contributed by atoms with Gasteiger partial charge in [-0.2, -0.15) is 0 Å². The predicted octanol–water partition coefficient (Wildman–Crippen LogP) is 2.02. The van der Waals surface area contributed by atoms with Gasteiger partial charge in [-0.1, -0.05) is 24.3 Å². The minimum Gasteiger partial charge on any atom is -0.385 e. The van der Waals surface area contributed by atoms with E-state index in [9.17, 15) is 5.11 Å². The van der Waals surface area contributed by atoms with Crippen molar-refractivity contribution in [1.82, 2.24) is 10.3 Å². The van der Waals surface area contributed by atoms with Crippen LogP contribution in [0.4, 0.5) is 0 Å². The lowest BCUT2D eigenvalue weighted by molar-refractivity contribution is 0.133. The first-order valence-corrected chi connectivity index (χ1v) is 6.12. The average molecular weight is 228 g/mol. The number of aliphatic hydroxyl groups excluding tert-OH is 1. The first kappa shape index (κ1) is 10.7. The highest BCUT2D eigenvalue weighted by Gasteiger charge is 2.24. The number of hydrogen-bond donors (Lipinski definition) is 2. The highest BCUT2D eigenvalue weighted by Crippen LogP contribution is 2.23. The van der Waals surface area contributed by atoms with E-state index in [4.69, 9.17) is 0 Å². The molecule has 1 fully saturated rings. The van der Waals surface area contributed by atoms with Crippen LogP contribution in [0.25, 0.3) is 10.9 Å². The zero-order valence-electron chi connectivity index (χ0n) is 9.63. The van der Waals surface area contributed by atoms with E-state index in [2.05, 4.69) is 10.3 Å². The van der Waals surface area contributed by atoms with E-state index >= 15 is 0 Å². The van der Waals surface area contributed by atoms with Crippen LogP contribution in [0.5, 0.6) is 0 Å². The molecule has 3 nitrogen and oxygen atoms in total. The molecule has 0 bridgehead atoms. The number of hydrogen-bond acceptors (Lipinski definition) is 3. The summed E-state index contributed by atoms with van der Waals surface area (Å²) in [6, 6.07) is 12.1. The SMILES string of the molecule is OC(c1ccc2ccccc2n1)C1CCCN1. The molecule has 0 amide bonds. The highest BCUT2D eigenvalue weighted by atomic mass is 16.3. The van der Waals surface area contributed by atoms with E-state index in [-0.39, 0.29) is 6.04 Å². The van der Waals surface area contributed by atoms with Gasteiger partial charge in [0.2, 0.25) is 0 Å². The van der Waals surface area contributed by atoms with E-state index < -0.39 is 6.10 Å². The largest absolute Gasteiger partial charge is 0.385 e. The number of nitrogens with zero attached hydrogens (tertiary/aromatic N) is 1. The van der Waals surface area contributed by atoms with Crippen molar-refractivity contribution >= 4 is 10.9 Å². The van der Waals surface area contributed by atoms with Crippen molar-refractivity contribution in [1.29, 1.82) is 0 Å². The van der Waals surface area contributed by atoms with Crippen LogP contribution < -0.4 is 5.32 Å². The summed E-state index contributed by atoms with van der Waals surface area (Å²) in [5.41, 5.74) is 1.71. The molecular formula is C14H16N2O. The summed E-state index contributed by atoms with van der Waals surface area (Å²) in [5, 5.41) is 14.7. The maximum atomic E-state index is 10.3.